The zero-order valence-corrected chi connectivity index (χ0v) is 37.4. The normalized spacial score (nSPS) is 14.6. The summed E-state index contributed by atoms with van der Waals surface area (Å²) in [4.78, 5) is 5.24. The Hall–Kier alpha value is -5.06. The van der Waals surface area contributed by atoms with E-state index >= 15 is 0 Å². The molecule has 0 atom stereocenters. The molecule has 6 aromatic carbocycles. The lowest BCUT2D eigenvalue weighted by atomic mass is 9.36. The maximum atomic E-state index is 2.62. The molecule has 1 aromatic heterocycles. The van der Waals surface area contributed by atoms with Gasteiger partial charge in [-0.25, -0.2) is 0 Å². The van der Waals surface area contributed by atoms with Gasteiger partial charge in [-0.1, -0.05) is 130 Å². The molecule has 0 spiro atoms. The molecule has 0 amide bonds. The zero-order valence-electron chi connectivity index (χ0n) is 36.6. The second-order valence-corrected chi connectivity index (χ2v) is 21.2. The molecule has 0 bridgehead atoms. The summed E-state index contributed by atoms with van der Waals surface area (Å²) >= 11 is 2.00. The van der Waals surface area contributed by atoms with Gasteiger partial charge in [-0.3, -0.25) is 0 Å². The van der Waals surface area contributed by atoms with Gasteiger partial charge in [0.1, 0.15) is 0 Å². The van der Waals surface area contributed by atoms with Crippen LogP contribution in [-0.2, 0) is 23.7 Å². The molecule has 0 saturated heterocycles. The number of hydrogen-bond donors (Lipinski definition) is 0. The van der Waals surface area contributed by atoms with Crippen LogP contribution < -0.4 is 25.5 Å². The van der Waals surface area contributed by atoms with Crippen molar-refractivity contribution in [3.63, 3.8) is 0 Å². The Bertz CT molecular complexity index is 2790. The molecule has 0 radical (unpaired) electrons. The molecule has 0 saturated carbocycles. The summed E-state index contributed by atoms with van der Waals surface area (Å²) in [6, 6.07) is 45.7. The smallest absolute Gasteiger partial charge is 0.264 e. The van der Waals surface area contributed by atoms with Gasteiger partial charge >= 0.3 is 0 Å². The Morgan fingerprint density at radius 1 is 0.576 bits per heavy atom. The highest BCUT2D eigenvalue weighted by molar-refractivity contribution is 7.33. The number of fused-ring (bicyclic) bond motifs is 7. The van der Waals surface area contributed by atoms with Crippen LogP contribution in [0.4, 0.5) is 34.1 Å². The summed E-state index contributed by atoms with van der Waals surface area (Å²) in [6.45, 7) is 23.4. The molecular formula is C55H57BN2S. The predicted molar refractivity (Wildman–Crippen MR) is 259 cm³/mol. The van der Waals surface area contributed by atoms with Gasteiger partial charge in [-0.05, 0) is 146 Å². The van der Waals surface area contributed by atoms with Gasteiger partial charge in [0.15, 0.2) is 0 Å². The number of thiophene rings is 1. The first kappa shape index (κ1) is 38.2. The van der Waals surface area contributed by atoms with E-state index in [1.54, 1.807) is 0 Å². The first-order valence-electron chi connectivity index (χ1n) is 22.0. The van der Waals surface area contributed by atoms with Gasteiger partial charge in [0.05, 0.1) is 11.4 Å². The molecule has 10 rings (SSSR count). The monoisotopic (exact) mass is 788 g/mol. The van der Waals surface area contributed by atoms with E-state index in [4.69, 9.17) is 0 Å². The maximum absolute atomic E-state index is 2.62. The lowest BCUT2D eigenvalue weighted by Gasteiger charge is -2.43. The number of aryl methyl sites for hydroxylation is 2. The third-order valence-electron chi connectivity index (χ3n) is 13.5. The summed E-state index contributed by atoms with van der Waals surface area (Å²) in [5, 5.41) is 1.35. The van der Waals surface area contributed by atoms with Crippen molar-refractivity contribution in [3.05, 3.63) is 149 Å². The minimum Gasteiger partial charge on any atom is -0.311 e. The molecule has 7 aromatic rings. The third-order valence-corrected chi connectivity index (χ3v) is 14.7. The Kier molecular flexibility index (Phi) is 8.89. The Labute approximate surface area is 357 Å². The lowest BCUT2D eigenvalue weighted by molar-refractivity contribution is 0.590. The fourth-order valence-electron chi connectivity index (χ4n) is 9.97. The van der Waals surface area contributed by atoms with E-state index in [1.165, 1.54) is 124 Å². The van der Waals surface area contributed by atoms with Crippen LogP contribution in [0.5, 0.6) is 0 Å². The van der Waals surface area contributed by atoms with Crippen LogP contribution in [0.3, 0.4) is 0 Å². The van der Waals surface area contributed by atoms with Crippen LogP contribution in [-0.4, -0.2) is 6.71 Å². The standard InChI is InChI=1S/C55H57BN2S/c1-33(2)35-19-24-42(25-20-35)57-48-15-12-16-49-51(48)56(53-52(57)44-32-41(55(8,9)10)23-28-50(44)59-53)45-30-37(34(3)4)21-26-47(45)58(49)46-27-22-40(54(5,6)7)31-43(46)39-18-17-36-13-11-14-38(36)29-39/h12,15-34H,11,13-14H2,1-10H3. The number of rotatable bonds is 5. The van der Waals surface area contributed by atoms with Crippen LogP contribution in [0.1, 0.15) is 121 Å². The van der Waals surface area contributed by atoms with Gasteiger partial charge in [0, 0.05) is 43.2 Å². The van der Waals surface area contributed by atoms with Crippen LogP contribution in [0, 0.1) is 0 Å². The average molecular weight is 789 g/mol. The molecule has 2 aliphatic heterocycles. The van der Waals surface area contributed by atoms with E-state index in [2.05, 4.69) is 194 Å². The van der Waals surface area contributed by atoms with Gasteiger partial charge in [-0.15, -0.1) is 11.3 Å². The van der Waals surface area contributed by atoms with Crippen LogP contribution >= 0.6 is 11.3 Å². The summed E-state index contributed by atoms with van der Waals surface area (Å²) in [5.41, 5.74) is 21.6. The second kappa shape index (κ2) is 13.7. The van der Waals surface area contributed by atoms with Crippen molar-refractivity contribution in [3.8, 4) is 11.1 Å². The second-order valence-electron chi connectivity index (χ2n) is 20.1. The molecule has 59 heavy (non-hydrogen) atoms. The first-order chi connectivity index (χ1) is 28.2. The van der Waals surface area contributed by atoms with Crippen molar-refractivity contribution in [2.24, 2.45) is 0 Å². The van der Waals surface area contributed by atoms with Crippen LogP contribution in [0.25, 0.3) is 21.2 Å². The van der Waals surface area contributed by atoms with Crippen LogP contribution in [0.15, 0.2) is 115 Å². The number of benzene rings is 6. The van der Waals surface area contributed by atoms with Gasteiger partial charge in [-0.2, -0.15) is 0 Å². The molecule has 1 aliphatic carbocycles. The minimum atomic E-state index is 0.0169. The van der Waals surface area contributed by atoms with Gasteiger partial charge in [0.25, 0.3) is 6.71 Å². The summed E-state index contributed by atoms with van der Waals surface area (Å²) in [7, 11) is 0. The molecule has 0 N–H and O–H groups in total. The highest BCUT2D eigenvalue weighted by atomic mass is 32.1. The minimum absolute atomic E-state index is 0.0169. The fourth-order valence-corrected chi connectivity index (χ4v) is 11.3. The highest BCUT2D eigenvalue weighted by Crippen LogP contribution is 2.50. The van der Waals surface area contributed by atoms with E-state index in [0.29, 0.717) is 11.8 Å². The summed E-state index contributed by atoms with van der Waals surface area (Å²) in [5.74, 6) is 0.880. The highest BCUT2D eigenvalue weighted by Gasteiger charge is 2.45. The van der Waals surface area contributed by atoms with E-state index in [-0.39, 0.29) is 17.5 Å². The van der Waals surface area contributed by atoms with Crippen molar-refractivity contribution in [1.29, 1.82) is 0 Å². The quantitative estimate of drug-likeness (QED) is 0.160. The number of hydrogen-bond acceptors (Lipinski definition) is 3. The summed E-state index contributed by atoms with van der Waals surface area (Å²) < 4.78 is 2.78. The molecule has 296 valence electrons. The van der Waals surface area contributed by atoms with E-state index in [9.17, 15) is 0 Å². The topological polar surface area (TPSA) is 6.48 Å². The van der Waals surface area contributed by atoms with Crippen molar-refractivity contribution in [1.82, 2.24) is 0 Å². The molecule has 4 heteroatoms. The first-order valence-corrected chi connectivity index (χ1v) is 22.8. The predicted octanol–water partition coefficient (Wildman–Crippen LogP) is 14.0. The van der Waals surface area contributed by atoms with Crippen molar-refractivity contribution in [2.75, 3.05) is 9.80 Å². The molecule has 0 fully saturated rings. The maximum Gasteiger partial charge on any atom is 0.264 e. The molecular weight excluding hydrogens is 731 g/mol. The van der Waals surface area contributed by atoms with Crippen molar-refractivity contribution < 1.29 is 0 Å². The third kappa shape index (κ3) is 6.19. The Morgan fingerprint density at radius 3 is 1.93 bits per heavy atom. The lowest BCUT2D eigenvalue weighted by Crippen LogP contribution is -2.60. The van der Waals surface area contributed by atoms with Crippen molar-refractivity contribution in [2.45, 2.75) is 111 Å². The molecule has 3 heterocycles. The van der Waals surface area contributed by atoms with Gasteiger partial charge in [0.2, 0.25) is 0 Å². The fraction of sp³-hybridized carbons (Fsp3) is 0.309. The van der Waals surface area contributed by atoms with Gasteiger partial charge < -0.3 is 9.80 Å². The Morgan fingerprint density at radius 2 is 1.22 bits per heavy atom. The molecule has 3 aliphatic rings. The largest absolute Gasteiger partial charge is 0.311 e. The number of anilines is 6. The Balaban J connectivity index is 1.29. The SMILES string of the molecule is CC(C)c1ccc(N2c3cccc4c3B(c3cc(C(C)C)ccc3N4c3ccc(C(C)(C)C)cc3-c3ccc4c(c3)CCC4)c3sc4ccc(C(C)(C)C)cc4c32)cc1. The van der Waals surface area contributed by atoms with E-state index in [0.717, 1.165) is 0 Å². The van der Waals surface area contributed by atoms with E-state index in [1.807, 2.05) is 11.3 Å². The number of nitrogens with zero attached hydrogens (tertiary/aromatic N) is 2. The van der Waals surface area contributed by atoms with E-state index < -0.39 is 0 Å². The average Bonchev–Trinajstić information content (AvgIpc) is 3.84. The molecule has 2 nitrogen and oxygen atoms in total. The summed E-state index contributed by atoms with van der Waals surface area (Å²) in [6.07, 6.45) is 3.60. The van der Waals surface area contributed by atoms with Crippen LogP contribution in [0.2, 0.25) is 0 Å². The zero-order chi connectivity index (χ0) is 41.1. The van der Waals surface area contributed by atoms with Crippen molar-refractivity contribution >= 4 is 78.0 Å². The molecule has 0 unspecified atom stereocenters.